The first kappa shape index (κ1) is 18.1. The topological polar surface area (TPSA) is 80.3 Å². The molecule has 2 aromatic carbocycles. The van der Waals surface area contributed by atoms with Crippen molar-refractivity contribution in [2.75, 3.05) is 11.9 Å². The zero-order valence-corrected chi connectivity index (χ0v) is 16.2. The van der Waals surface area contributed by atoms with Crippen LogP contribution >= 0.6 is 22.7 Å². The largest absolute Gasteiger partial charge is 0.457 e. The normalized spacial score (nSPS) is 10.6. The number of amides is 2. The van der Waals surface area contributed by atoms with E-state index in [1.807, 2.05) is 53.9 Å². The van der Waals surface area contributed by atoms with Gasteiger partial charge in [0, 0.05) is 6.07 Å². The predicted molar refractivity (Wildman–Crippen MR) is 111 cm³/mol. The second-order valence-electron chi connectivity index (χ2n) is 5.77. The standard InChI is InChI=1S/C20H15N3O3S2/c24-18(12-21-19(25)16-7-4-10-27-16)23-20-22-15-9-8-14(11-17(15)28-20)26-13-5-2-1-3-6-13/h1-11H,12H2,(H,21,25)(H,22,23,24). The van der Waals surface area contributed by atoms with Crippen LogP contribution in [0.25, 0.3) is 10.2 Å². The molecule has 2 amide bonds. The van der Waals surface area contributed by atoms with Gasteiger partial charge in [0.05, 0.1) is 21.6 Å². The molecule has 2 N–H and O–H groups in total. The number of thiazole rings is 1. The number of carbonyl (C=O) groups excluding carboxylic acids is 2. The highest BCUT2D eigenvalue weighted by Crippen LogP contribution is 2.31. The molecular formula is C20H15N3O3S2. The molecule has 6 nitrogen and oxygen atoms in total. The number of nitrogens with one attached hydrogen (secondary N) is 2. The van der Waals surface area contributed by atoms with Crippen molar-refractivity contribution in [3.05, 3.63) is 70.9 Å². The number of rotatable bonds is 6. The minimum absolute atomic E-state index is 0.116. The van der Waals surface area contributed by atoms with Gasteiger partial charge in [0.15, 0.2) is 5.13 Å². The molecule has 0 fully saturated rings. The number of aromatic nitrogens is 1. The third-order valence-electron chi connectivity index (χ3n) is 3.74. The highest BCUT2D eigenvalue weighted by molar-refractivity contribution is 7.22. The zero-order valence-electron chi connectivity index (χ0n) is 14.5. The summed E-state index contributed by atoms with van der Waals surface area (Å²) in [7, 11) is 0. The fourth-order valence-corrected chi connectivity index (χ4v) is 4.02. The number of para-hydroxylation sites is 1. The van der Waals surface area contributed by atoms with E-state index in [4.69, 9.17) is 4.74 Å². The summed E-state index contributed by atoms with van der Waals surface area (Å²) >= 11 is 2.67. The van der Waals surface area contributed by atoms with Crippen LogP contribution in [0.5, 0.6) is 11.5 Å². The van der Waals surface area contributed by atoms with Gasteiger partial charge in [-0.15, -0.1) is 11.3 Å². The van der Waals surface area contributed by atoms with Crippen LogP contribution in [0.3, 0.4) is 0 Å². The summed E-state index contributed by atoms with van der Waals surface area (Å²) in [6.45, 7) is -0.116. The van der Waals surface area contributed by atoms with Gasteiger partial charge >= 0.3 is 0 Å². The van der Waals surface area contributed by atoms with Gasteiger partial charge in [0.2, 0.25) is 5.91 Å². The molecule has 0 radical (unpaired) electrons. The molecule has 8 heteroatoms. The van der Waals surface area contributed by atoms with Crippen molar-refractivity contribution in [3.8, 4) is 11.5 Å². The monoisotopic (exact) mass is 409 g/mol. The lowest BCUT2D eigenvalue weighted by Gasteiger charge is -2.04. The minimum Gasteiger partial charge on any atom is -0.457 e. The van der Waals surface area contributed by atoms with Crippen molar-refractivity contribution in [2.24, 2.45) is 0 Å². The van der Waals surface area contributed by atoms with E-state index in [0.29, 0.717) is 15.8 Å². The number of thiophene rings is 1. The molecule has 28 heavy (non-hydrogen) atoms. The number of nitrogens with zero attached hydrogens (tertiary/aromatic N) is 1. The van der Waals surface area contributed by atoms with Crippen LogP contribution in [0, 0.1) is 0 Å². The second-order valence-corrected chi connectivity index (χ2v) is 7.75. The van der Waals surface area contributed by atoms with Gasteiger partial charge in [0.1, 0.15) is 11.5 Å². The number of fused-ring (bicyclic) bond motifs is 1. The van der Waals surface area contributed by atoms with Gasteiger partial charge in [-0.3, -0.25) is 9.59 Å². The molecule has 0 atom stereocenters. The number of carbonyl (C=O) groups is 2. The van der Waals surface area contributed by atoms with Gasteiger partial charge in [-0.1, -0.05) is 35.6 Å². The van der Waals surface area contributed by atoms with Crippen LogP contribution in [0.15, 0.2) is 66.0 Å². The SMILES string of the molecule is O=C(CNC(=O)c1cccs1)Nc1nc2ccc(Oc3ccccc3)cc2s1. The van der Waals surface area contributed by atoms with Crippen LogP contribution < -0.4 is 15.4 Å². The Kier molecular flexibility index (Phi) is 5.31. The average molecular weight is 409 g/mol. The van der Waals surface area contributed by atoms with Crippen LogP contribution in [0.2, 0.25) is 0 Å². The minimum atomic E-state index is -0.329. The first-order valence-electron chi connectivity index (χ1n) is 8.42. The van der Waals surface area contributed by atoms with Gasteiger partial charge < -0.3 is 15.4 Å². The molecule has 0 saturated carbocycles. The van der Waals surface area contributed by atoms with Crippen molar-refractivity contribution in [1.29, 1.82) is 0 Å². The summed E-state index contributed by atoms with van der Waals surface area (Å²) in [5.74, 6) is 0.853. The molecule has 0 unspecified atom stereocenters. The summed E-state index contributed by atoms with van der Waals surface area (Å²) in [4.78, 5) is 28.9. The number of hydrogen-bond acceptors (Lipinski definition) is 6. The first-order valence-corrected chi connectivity index (χ1v) is 10.1. The molecule has 2 heterocycles. The van der Waals surface area contributed by atoms with Gasteiger partial charge in [-0.05, 0) is 35.7 Å². The van der Waals surface area contributed by atoms with Crippen LogP contribution in [0.4, 0.5) is 5.13 Å². The fraction of sp³-hybridized carbons (Fsp3) is 0.0500. The lowest BCUT2D eigenvalue weighted by Crippen LogP contribution is -2.32. The fourth-order valence-electron chi connectivity index (χ4n) is 2.47. The smallest absolute Gasteiger partial charge is 0.261 e. The third-order valence-corrected chi connectivity index (χ3v) is 5.54. The Balaban J connectivity index is 1.38. The third kappa shape index (κ3) is 4.36. The number of hydrogen-bond donors (Lipinski definition) is 2. The molecule has 4 aromatic rings. The summed E-state index contributed by atoms with van der Waals surface area (Å²) in [5, 5.41) is 7.59. The van der Waals surface area contributed by atoms with Gasteiger partial charge in [0.25, 0.3) is 5.91 Å². The van der Waals surface area contributed by atoms with E-state index in [1.54, 1.807) is 12.1 Å². The molecule has 2 aromatic heterocycles. The molecule has 0 aliphatic rings. The Morgan fingerprint density at radius 2 is 1.86 bits per heavy atom. The molecule has 140 valence electrons. The van der Waals surface area contributed by atoms with Crippen molar-refractivity contribution in [2.45, 2.75) is 0 Å². The van der Waals surface area contributed by atoms with E-state index in [-0.39, 0.29) is 18.4 Å². The zero-order chi connectivity index (χ0) is 19.3. The molecule has 4 rings (SSSR count). The number of ether oxygens (including phenoxy) is 1. The second kappa shape index (κ2) is 8.20. The summed E-state index contributed by atoms with van der Waals surface area (Å²) in [6, 6.07) is 18.6. The number of benzene rings is 2. The maximum Gasteiger partial charge on any atom is 0.261 e. The lowest BCUT2D eigenvalue weighted by atomic mass is 10.3. The quantitative estimate of drug-likeness (QED) is 0.491. The van der Waals surface area contributed by atoms with Crippen LogP contribution in [-0.2, 0) is 4.79 Å². The molecule has 0 bridgehead atoms. The molecule has 0 aliphatic carbocycles. The highest BCUT2D eigenvalue weighted by atomic mass is 32.1. The van der Waals surface area contributed by atoms with E-state index in [1.165, 1.54) is 22.7 Å². The van der Waals surface area contributed by atoms with Gasteiger partial charge in [-0.2, -0.15) is 0 Å². The average Bonchev–Trinajstić information content (AvgIpc) is 3.36. The van der Waals surface area contributed by atoms with E-state index in [0.717, 1.165) is 16.0 Å². The van der Waals surface area contributed by atoms with Crippen molar-refractivity contribution in [3.63, 3.8) is 0 Å². The van der Waals surface area contributed by atoms with Crippen LogP contribution in [0.1, 0.15) is 9.67 Å². The Bertz CT molecular complexity index is 1110. The lowest BCUT2D eigenvalue weighted by molar-refractivity contribution is -0.115. The summed E-state index contributed by atoms with van der Waals surface area (Å²) in [5.41, 5.74) is 0.767. The van der Waals surface area contributed by atoms with Crippen LogP contribution in [-0.4, -0.2) is 23.3 Å². The summed E-state index contributed by atoms with van der Waals surface area (Å²) in [6.07, 6.45) is 0. The maximum atomic E-state index is 12.1. The van der Waals surface area contributed by atoms with Crippen molar-refractivity contribution in [1.82, 2.24) is 10.3 Å². The van der Waals surface area contributed by atoms with Crippen molar-refractivity contribution < 1.29 is 14.3 Å². The Labute approximate surface area is 168 Å². The molecule has 0 spiro atoms. The van der Waals surface area contributed by atoms with Gasteiger partial charge in [-0.25, -0.2) is 4.98 Å². The maximum absolute atomic E-state index is 12.1. The molecule has 0 saturated heterocycles. The Hall–Kier alpha value is -3.23. The molecule has 0 aliphatic heterocycles. The Morgan fingerprint density at radius 3 is 2.64 bits per heavy atom. The van der Waals surface area contributed by atoms with E-state index >= 15 is 0 Å². The Morgan fingerprint density at radius 1 is 1.00 bits per heavy atom. The number of anilines is 1. The van der Waals surface area contributed by atoms with E-state index in [2.05, 4.69) is 15.6 Å². The molecular weight excluding hydrogens is 394 g/mol. The summed E-state index contributed by atoms with van der Waals surface area (Å²) < 4.78 is 6.72. The van der Waals surface area contributed by atoms with E-state index < -0.39 is 0 Å². The first-order chi connectivity index (χ1) is 13.7. The van der Waals surface area contributed by atoms with Crippen molar-refractivity contribution >= 4 is 49.8 Å². The predicted octanol–water partition coefficient (Wildman–Crippen LogP) is 4.52. The van der Waals surface area contributed by atoms with E-state index in [9.17, 15) is 9.59 Å². The highest BCUT2D eigenvalue weighted by Gasteiger charge is 2.11.